The minimum Gasteiger partial charge on any atom is -0.352 e. The summed E-state index contributed by atoms with van der Waals surface area (Å²) in [7, 11) is 1.85. The molecule has 7 nitrogen and oxygen atoms in total. The Bertz CT molecular complexity index is 984. The Morgan fingerprint density at radius 1 is 1.31 bits per heavy atom. The maximum absolute atomic E-state index is 12.4. The van der Waals surface area contributed by atoms with Gasteiger partial charge in [-0.15, -0.1) is 0 Å². The molecule has 8 heteroatoms. The van der Waals surface area contributed by atoms with Crippen LogP contribution in [0.4, 0.5) is 0 Å². The van der Waals surface area contributed by atoms with Crippen LogP contribution in [0.25, 0.3) is 0 Å². The second-order valence-electron chi connectivity index (χ2n) is 6.30. The SMILES string of the molecule is Cc1cc(C)n(Cc2cccc(C(=O)NCCc3n[nH]c(=S)n3C)c2)n1. The zero-order valence-corrected chi connectivity index (χ0v) is 15.9. The van der Waals surface area contributed by atoms with Gasteiger partial charge in [-0.2, -0.15) is 10.2 Å². The van der Waals surface area contributed by atoms with Gasteiger partial charge in [-0.1, -0.05) is 12.1 Å². The van der Waals surface area contributed by atoms with Gasteiger partial charge >= 0.3 is 0 Å². The average Bonchev–Trinajstić information content (AvgIpc) is 3.10. The van der Waals surface area contributed by atoms with Gasteiger partial charge in [0.25, 0.3) is 5.91 Å². The molecule has 0 aliphatic rings. The molecule has 0 spiro atoms. The molecule has 1 amide bonds. The molecule has 0 saturated carbocycles. The number of aryl methyl sites for hydroxylation is 2. The standard InChI is InChI=1S/C18H22N6OS/c1-12-9-13(2)24(22-12)11-14-5-4-6-15(10-14)17(25)19-8-7-16-20-21-18(26)23(16)3/h4-6,9-10H,7-8,11H2,1-3H3,(H,19,25)(H,21,26). The molecule has 0 aliphatic heterocycles. The summed E-state index contributed by atoms with van der Waals surface area (Å²) in [6.07, 6.45) is 0.612. The highest BCUT2D eigenvalue weighted by molar-refractivity contribution is 7.71. The lowest BCUT2D eigenvalue weighted by Crippen LogP contribution is -2.26. The van der Waals surface area contributed by atoms with Crippen LogP contribution >= 0.6 is 12.2 Å². The van der Waals surface area contributed by atoms with Crippen molar-refractivity contribution in [2.24, 2.45) is 7.05 Å². The number of amides is 1. The highest BCUT2D eigenvalue weighted by atomic mass is 32.1. The minimum absolute atomic E-state index is 0.1000. The number of carbonyl (C=O) groups excluding carboxylic acids is 1. The van der Waals surface area contributed by atoms with E-state index in [2.05, 4.69) is 20.6 Å². The van der Waals surface area contributed by atoms with Crippen LogP contribution in [0.2, 0.25) is 0 Å². The van der Waals surface area contributed by atoms with E-state index in [-0.39, 0.29) is 5.91 Å². The van der Waals surface area contributed by atoms with Gasteiger partial charge in [0.1, 0.15) is 5.82 Å². The maximum atomic E-state index is 12.4. The molecule has 1 aromatic carbocycles. The summed E-state index contributed by atoms with van der Waals surface area (Å²) in [5, 5.41) is 14.3. The smallest absolute Gasteiger partial charge is 0.251 e. The Balaban J connectivity index is 1.61. The number of hydrogen-bond acceptors (Lipinski definition) is 4. The monoisotopic (exact) mass is 370 g/mol. The Labute approximate surface area is 157 Å². The third-order valence-corrected chi connectivity index (χ3v) is 4.60. The van der Waals surface area contributed by atoms with E-state index in [1.54, 1.807) is 4.57 Å². The molecular weight excluding hydrogens is 348 g/mol. The number of nitrogens with one attached hydrogen (secondary N) is 2. The number of carbonyl (C=O) groups is 1. The molecule has 0 saturated heterocycles. The first-order valence-corrected chi connectivity index (χ1v) is 8.83. The number of aromatic nitrogens is 5. The van der Waals surface area contributed by atoms with Crippen molar-refractivity contribution < 1.29 is 4.79 Å². The second kappa shape index (κ2) is 7.65. The molecule has 26 heavy (non-hydrogen) atoms. The van der Waals surface area contributed by atoms with E-state index in [4.69, 9.17) is 12.2 Å². The van der Waals surface area contributed by atoms with Crippen molar-refractivity contribution in [2.75, 3.05) is 6.54 Å². The summed E-state index contributed by atoms with van der Waals surface area (Å²) in [5.74, 6) is 0.714. The van der Waals surface area contributed by atoms with Crippen LogP contribution in [0.1, 0.15) is 33.1 Å². The van der Waals surface area contributed by atoms with Crippen molar-refractivity contribution in [2.45, 2.75) is 26.8 Å². The lowest BCUT2D eigenvalue weighted by molar-refractivity contribution is 0.0953. The molecule has 136 valence electrons. The van der Waals surface area contributed by atoms with E-state index < -0.39 is 0 Å². The molecule has 0 bridgehead atoms. The summed E-state index contributed by atoms with van der Waals surface area (Å²) in [4.78, 5) is 12.4. The zero-order valence-electron chi connectivity index (χ0n) is 15.1. The summed E-state index contributed by atoms with van der Waals surface area (Å²) in [5.41, 5.74) is 3.77. The predicted molar refractivity (Wildman–Crippen MR) is 102 cm³/mol. The number of benzene rings is 1. The van der Waals surface area contributed by atoms with E-state index in [9.17, 15) is 4.79 Å². The molecule has 0 atom stereocenters. The van der Waals surface area contributed by atoms with E-state index in [0.29, 0.717) is 29.8 Å². The van der Waals surface area contributed by atoms with Crippen LogP contribution < -0.4 is 5.32 Å². The molecule has 2 heterocycles. The van der Waals surface area contributed by atoms with Gasteiger partial charge in [0, 0.05) is 31.3 Å². The van der Waals surface area contributed by atoms with Crippen molar-refractivity contribution >= 4 is 18.1 Å². The Morgan fingerprint density at radius 3 is 2.77 bits per heavy atom. The van der Waals surface area contributed by atoms with Gasteiger partial charge in [-0.05, 0) is 49.8 Å². The fraction of sp³-hybridized carbons (Fsp3) is 0.333. The van der Waals surface area contributed by atoms with E-state index in [1.165, 1.54) is 0 Å². The molecule has 0 aliphatic carbocycles. The minimum atomic E-state index is -0.1000. The second-order valence-corrected chi connectivity index (χ2v) is 6.68. The van der Waals surface area contributed by atoms with Crippen molar-refractivity contribution in [3.8, 4) is 0 Å². The number of nitrogens with zero attached hydrogens (tertiary/aromatic N) is 4. The Kier molecular flexibility index (Phi) is 5.32. The number of H-pyrrole nitrogens is 1. The average molecular weight is 370 g/mol. The molecule has 0 unspecified atom stereocenters. The fourth-order valence-electron chi connectivity index (χ4n) is 2.81. The first-order chi connectivity index (χ1) is 12.4. The number of aromatic amines is 1. The first-order valence-electron chi connectivity index (χ1n) is 8.42. The van der Waals surface area contributed by atoms with Gasteiger partial charge in [-0.3, -0.25) is 14.6 Å². The van der Waals surface area contributed by atoms with Crippen molar-refractivity contribution in [1.29, 1.82) is 0 Å². The van der Waals surface area contributed by atoms with E-state index in [1.807, 2.05) is 55.9 Å². The molecule has 0 fully saturated rings. The van der Waals surface area contributed by atoms with Crippen molar-refractivity contribution in [3.63, 3.8) is 0 Å². The Morgan fingerprint density at radius 2 is 2.12 bits per heavy atom. The van der Waals surface area contributed by atoms with Gasteiger partial charge in [0.05, 0.1) is 12.2 Å². The van der Waals surface area contributed by atoms with Crippen LogP contribution in [0.3, 0.4) is 0 Å². The lowest BCUT2D eigenvalue weighted by Gasteiger charge is -2.08. The molecule has 2 aromatic heterocycles. The molecular formula is C18H22N6OS. The third-order valence-electron chi connectivity index (χ3n) is 4.23. The van der Waals surface area contributed by atoms with Crippen LogP contribution in [0.5, 0.6) is 0 Å². The topological polar surface area (TPSA) is 80.5 Å². The number of hydrogen-bond donors (Lipinski definition) is 2. The van der Waals surface area contributed by atoms with Gasteiger partial charge < -0.3 is 9.88 Å². The van der Waals surface area contributed by atoms with Crippen LogP contribution in [-0.2, 0) is 20.0 Å². The summed E-state index contributed by atoms with van der Waals surface area (Å²) >= 11 is 5.08. The van der Waals surface area contributed by atoms with E-state index >= 15 is 0 Å². The summed E-state index contributed by atoms with van der Waals surface area (Å²) in [6.45, 7) is 5.14. The van der Waals surface area contributed by atoms with Crippen molar-refractivity contribution in [1.82, 2.24) is 29.9 Å². The lowest BCUT2D eigenvalue weighted by atomic mass is 10.1. The van der Waals surface area contributed by atoms with Crippen LogP contribution in [0.15, 0.2) is 30.3 Å². The normalized spacial score (nSPS) is 10.9. The molecule has 2 N–H and O–H groups in total. The number of rotatable bonds is 6. The highest BCUT2D eigenvalue weighted by Gasteiger charge is 2.09. The van der Waals surface area contributed by atoms with Crippen molar-refractivity contribution in [3.05, 3.63) is 63.4 Å². The molecule has 3 rings (SSSR count). The maximum Gasteiger partial charge on any atom is 0.251 e. The van der Waals surface area contributed by atoms with Crippen LogP contribution in [-0.4, -0.2) is 37.0 Å². The first kappa shape index (κ1) is 18.1. The summed E-state index contributed by atoms with van der Waals surface area (Å²) in [6, 6.07) is 9.66. The van der Waals surface area contributed by atoms with Gasteiger partial charge in [0.15, 0.2) is 4.77 Å². The highest BCUT2D eigenvalue weighted by Crippen LogP contribution is 2.10. The quantitative estimate of drug-likeness (QED) is 0.653. The zero-order chi connectivity index (χ0) is 18.7. The predicted octanol–water partition coefficient (Wildman–Crippen LogP) is 2.31. The third kappa shape index (κ3) is 4.08. The van der Waals surface area contributed by atoms with Gasteiger partial charge in [0.2, 0.25) is 0 Å². The Hall–Kier alpha value is -2.74. The fourth-order valence-corrected chi connectivity index (χ4v) is 2.96. The van der Waals surface area contributed by atoms with Crippen LogP contribution in [0, 0.1) is 18.6 Å². The molecule has 0 radical (unpaired) electrons. The van der Waals surface area contributed by atoms with Gasteiger partial charge in [-0.25, -0.2) is 0 Å². The summed E-state index contributed by atoms with van der Waals surface area (Å²) < 4.78 is 4.32. The largest absolute Gasteiger partial charge is 0.352 e. The van der Waals surface area contributed by atoms with E-state index in [0.717, 1.165) is 22.8 Å². The molecule has 3 aromatic rings.